The monoisotopic (exact) mass is 517 g/mol. The van der Waals surface area contributed by atoms with E-state index in [4.69, 9.17) is 23.2 Å². The molecule has 1 N–H and O–H groups in total. The molecule has 0 bridgehead atoms. The van der Waals surface area contributed by atoms with Crippen molar-refractivity contribution in [3.63, 3.8) is 0 Å². The van der Waals surface area contributed by atoms with Crippen LogP contribution in [-0.4, -0.2) is 43.8 Å². The van der Waals surface area contributed by atoms with Crippen LogP contribution in [0.3, 0.4) is 0 Å². The molecule has 34 heavy (non-hydrogen) atoms. The zero-order valence-electron chi connectivity index (χ0n) is 18.9. The summed E-state index contributed by atoms with van der Waals surface area (Å²) >= 11 is 13.5. The van der Waals surface area contributed by atoms with Gasteiger partial charge in [-0.05, 0) is 50.5 Å². The van der Waals surface area contributed by atoms with Gasteiger partial charge >= 0.3 is 0 Å². The number of amides is 2. The number of benzene rings is 2. The number of thioether (sulfide) groups is 1. The van der Waals surface area contributed by atoms with Crippen molar-refractivity contribution in [1.82, 2.24) is 19.7 Å². The van der Waals surface area contributed by atoms with Gasteiger partial charge in [0.05, 0.1) is 27.5 Å². The lowest BCUT2D eigenvalue weighted by atomic mass is 10.1. The molecule has 0 spiro atoms. The molecule has 10 heteroatoms. The molecule has 1 aromatic heterocycles. The minimum Gasteiger partial charge on any atom is -0.328 e. The summed E-state index contributed by atoms with van der Waals surface area (Å²) in [6, 6.07) is 12.6. The van der Waals surface area contributed by atoms with E-state index in [1.54, 1.807) is 18.2 Å². The summed E-state index contributed by atoms with van der Waals surface area (Å²) in [5.74, 6) is 0.678. The standard InChI is InChI=1S/C24H25Cl2N5O2S/c1-3-30-22(19-12-7-13-31(19)23(33)16-9-5-4-8-15(16)2)28-29-24(30)34-14-20(32)27-18-11-6-10-17(25)21(18)26/h4-6,8-11,19H,3,7,12-14H2,1-2H3,(H,27,32). The molecule has 2 amide bonds. The molecular formula is C24H25Cl2N5O2S. The van der Waals surface area contributed by atoms with Crippen LogP contribution in [0, 0.1) is 6.92 Å². The number of anilines is 1. The lowest BCUT2D eigenvalue weighted by molar-refractivity contribution is -0.113. The second-order valence-corrected chi connectivity index (χ2v) is 9.72. The molecule has 1 unspecified atom stereocenters. The first-order chi connectivity index (χ1) is 16.4. The third-order valence-electron chi connectivity index (χ3n) is 5.81. The van der Waals surface area contributed by atoms with Crippen molar-refractivity contribution in [2.45, 2.75) is 44.4 Å². The van der Waals surface area contributed by atoms with Gasteiger partial charge in [-0.1, -0.05) is 59.2 Å². The first kappa shape index (κ1) is 24.6. The van der Waals surface area contributed by atoms with Gasteiger partial charge in [0.25, 0.3) is 5.91 Å². The van der Waals surface area contributed by atoms with Crippen LogP contribution in [0.25, 0.3) is 0 Å². The Labute approximate surface area is 212 Å². The maximum absolute atomic E-state index is 13.3. The fraction of sp³-hybridized carbons (Fsp3) is 0.333. The molecule has 178 valence electrons. The molecule has 0 radical (unpaired) electrons. The predicted octanol–water partition coefficient (Wildman–Crippen LogP) is 5.62. The molecule has 2 aromatic carbocycles. The van der Waals surface area contributed by atoms with Gasteiger partial charge in [-0.25, -0.2) is 0 Å². The van der Waals surface area contributed by atoms with Gasteiger partial charge in [-0.2, -0.15) is 0 Å². The van der Waals surface area contributed by atoms with Crippen LogP contribution < -0.4 is 5.32 Å². The summed E-state index contributed by atoms with van der Waals surface area (Å²) in [4.78, 5) is 27.7. The Balaban J connectivity index is 1.47. The van der Waals surface area contributed by atoms with E-state index in [0.717, 1.165) is 24.2 Å². The number of hydrogen-bond acceptors (Lipinski definition) is 5. The number of nitrogens with zero attached hydrogens (tertiary/aromatic N) is 4. The van der Waals surface area contributed by atoms with Crippen molar-refractivity contribution >= 4 is 52.5 Å². The second-order valence-electron chi connectivity index (χ2n) is 7.99. The molecule has 0 saturated carbocycles. The van der Waals surface area contributed by atoms with E-state index in [-0.39, 0.29) is 23.6 Å². The summed E-state index contributed by atoms with van der Waals surface area (Å²) in [7, 11) is 0. The lowest BCUT2D eigenvalue weighted by Gasteiger charge is -2.25. The number of halogens is 2. The third kappa shape index (κ3) is 5.09. The van der Waals surface area contributed by atoms with Crippen molar-refractivity contribution in [1.29, 1.82) is 0 Å². The summed E-state index contributed by atoms with van der Waals surface area (Å²) in [5, 5.41) is 12.9. The number of nitrogens with one attached hydrogen (secondary N) is 1. The quantitative estimate of drug-likeness (QED) is 0.411. The van der Waals surface area contributed by atoms with E-state index in [0.29, 0.717) is 39.5 Å². The second kappa shape index (κ2) is 10.8. The zero-order valence-corrected chi connectivity index (χ0v) is 21.3. The molecule has 1 fully saturated rings. The Kier molecular flexibility index (Phi) is 7.80. The highest BCUT2D eigenvalue weighted by atomic mass is 35.5. The smallest absolute Gasteiger partial charge is 0.254 e. The van der Waals surface area contributed by atoms with Crippen LogP contribution >= 0.6 is 35.0 Å². The van der Waals surface area contributed by atoms with Gasteiger partial charge in [0.1, 0.15) is 0 Å². The molecule has 4 rings (SSSR count). The van der Waals surface area contributed by atoms with Crippen LogP contribution in [-0.2, 0) is 11.3 Å². The van der Waals surface area contributed by atoms with Crippen LogP contribution in [0.2, 0.25) is 10.0 Å². The van der Waals surface area contributed by atoms with Gasteiger partial charge < -0.3 is 14.8 Å². The molecular weight excluding hydrogens is 493 g/mol. The minimum atomic E-state index is -0.224. The van der Waals surface area contributed by atoms with E-state index in [9.17, 15) is 9.59 Å². The molecule has 1 saturated heterocycles. The van der Waals surface area contributed by atoms with Crippen LogP contribution in [0.5, 0.6) is 0 Å². The fourth-order valence-electron chi connectivity index (χ4n) is 4.11. The highest BCUT2D eigenvalue weighted by molar-refractivity contribution is 7.99. The Morgan fingerprint density at radius 3 is 2.71 bits per heavy atom. The highest BCUT2D eigenvalue weighted by Gasteiger charge is 2.35. The molecule has 1 atom stereocenters. The summed E-state index contributed by atoms with van der Waals surface area (Å²) in [5.41, 5.74) is 2.13. The SMILES string of the molecule is CCn1c(SCC(=O)Nc2cccc(Cl)c2Cl)nnc1C1CCCN1C(=O)c1ccccc1C. The van der Waals surface area contributed by atoms with E-state index in [2.05, 4.69) is 15.5 Å². The Morgan fingerprint density at radius 2 is 1.94 bits per heavy atom. The maximum atomic E-state index is 13.3. The van der Waals surface area contributed by atoms with Crippen molar-refractivity contribution < 1.29 is 9.59 Å². The Hall–Kier alpha value is -2.55. The van der Waals surface area contributed by atoms with Crippen molar-refractivity contribution in [2.24, 2.45) is 0 Å². The zero-order chi connectivity index (χ0) is 24.2. The van der Waals surface area contributed by atoms with E-state index < -0.39 is 0 Å². The average Bonchev–Trinajstić information content (AvgIpc) is 3.47. The van der Waals surface area contributed by atoms with Crippen molar-refractivity contribution in [2.75, 3.05) is 17.6 Å². The van der Waals surface area contributed by atoms with Crippen molar-refractivity contribution in [3.8, 4) is 0 Å². The van der Waals surface area contributed by atoms with Crippen LogP contribution in [0.15, 0.2) is 47.6 Å². The van der Waals surface area contributed by atoms with E-state index >= 15 is 0 Å². The summed E-state index contributed by atoms with van der Waals surface area (Å²) in [6.07, 6.45) is 1.73. The summed E-state index contributed by atoms with van der Waals surface area (Å²) in [6.45, 7) is 5.27. The van der Waals surface area contributed by atoms with Gasteiger partial charge in [0.2, 0.25) is 5.91 Å². The van der Waals surface area contributed by atoms with Crippen LogP contribution in [0.1, 0.15) is 47.6 Å². The predicted molar refractivity (Wildman–Crippen MR) is 136 cm³/mol. The lowest BCUT2D eigenvalue weighted by Crippen LogP contribution is -2.32. The minimum absolute atomic E-state index is 0.0123. The number of aromatic nitrogens is 3. The van der Waals surface area contributed by atoms with Gasteiger partial charge in [0.15, 0.2) is 11.0 Å². The fourth-order valence-corrected chi connectivity index (χ4v) is 5.27. The van der Waals surface area contributed by atoms with Crippen molar-refractivity contribution in [3.05, 3.63) is 69.5 Å². The number of hydrogen-bond donors (Lipinski definition) is 1. The Bertz CT molecular complexity index is 1220. The molecule has 3 aromatic rings. The number of rotatable bonds is 7. The molecule has 0 aliphatic carbocycles. The average molecular weight is 518 g/mol. The largest absolute Gasteiger partial charge is 0.328 e. The first-order valence-corrected chi connectivity index (χ1v) is 12.8. The third-order valence-corrected chi connectivity index (χ3v) is 7.59. The normalized spacial score (nSPS) is 15.5. The summed E-state index contributed by atoms with van der Waals surface area (Å²) < 4.78 is 1.98. The molecule has 2 heterocycles. The van der Waals surface area contributed by atoms with Gasteiger partial charge in [0, 0.05) is 18.7 Å². The maximum Gasteiger partial charge on any atom is 0.254 e. The molecule has 1 aliphatic rings. The van der Waals surface area contributed by atoms with Gasteiger partial charge in [-0.15, -0.1) is 10.2 Å². The highest BCUT2D eigenvalue weighted by Crippen LogP contribution is 2.34. The van der Waals surface area contributed by atoms with Gasteiger partial charge in [-0.3, -0.25) is 9.59 Å². The Morgan fingerprint density at radius 1 is 1.15 bits per heavy atom. The van der Waals surface area contributed by atoms with Crippen LogP contribution in [0.4, 0.5) is 5.69 Å². The van der Waals surface area contributed by atoms with E-state index in [1.165, 1.54) is 11.8 Å². The number of aryl methyl sites for hydroxylation is 1. The van der Waals surface area contributed by atoms with E-state index in [1.807, 2.05) is 47.6 Å². The molecule has 1 aliphatic heterocycles. The number of carbonyl (C=O) groups is 2. The number of likely N-dealkylation sites (tertiary alicyclic amines) is 1. The first-order valence-electron chi connectivity index (χ1n) is 11.1. The number of carbonyl (C=O) groups excluding carboxylic acids is 2. The topological polar surface area (TPSA) is 80.1 Å². The molecule has 7 nitrogen and oxygen atoms in total.